The van der Waals surface area contributed by atoms with Crippen LogP contribution in [0.4, 0.5) is 0 Å². The molecule has 0 saturated heterocycles. The molecule has 2 aromatic heterocycles. The maximum atomic E-state index is 5.83. The fourth-order valence-corrected chi connectivity index (χ4v) is 3.17. The van der Waals surface area contributed by atoms with Gasteiger partial charge in [-0.25, -0.2) is 4.99 Å². The van der Waals surface area contributed by atoms with E-state index in [2.05, 4.69) is 48.1 Å². The lowest BCUT2D eigenvalue weighted by Gasteiger charge is -1.98. The van der Waals surface area contributed by atoms with Gasteiger partial charge >= 0.3 is 0 Å². The number of fused-ring (bicyclic) bond motifs is 1. The summed E-state index contributed by atoms with van der Waals surface area (Å²) in [7, 11) is 0. The summed E-state index contributed by atoms with van der Waals surface area (Å²) < 4.78 is 5.83. The van der Waals surface area contributed by atoms with E-state index in [-0.39, 0.29) is 0 Å². The fourth-order valence-electron chi connectivity index (χ4n) is 3.17. The van der Waals surface area contributed by atoms with Crippen molar-refractivity contribution in [2.45, 2.75) is 20.8 Å². The van der Waals surface area contributed by atoms with Crippen LogP contribution in [0.25, 0.3) is 17.8 Å². The number of aromatic nitrogens is 2. The first-order chi connectivity index (χ1) is 12.1. The summed E-state index contributed by atoms with van der Waals surface area (Å²) in [6.45, 7) is 6.78. The molecule has 0 radical (unpaired) electrons. The molecule has 1 aromatic carbocycles. The molecule has 126 valence electrons. The number of H-pyrrole nitrogens is 2. The van der Waals surface area contributed by atoms with Crippen molar-refractivity contribution < 1.29 is 4.74 Å². The van der Waals surface area contributed by atoms with Crippen LogP contribution >= 0.6 is 0 Å². The van der Waals surface area contributed by atoms with Gasteiger partial charge in [0.25, 0.3) is 0 Å². The number of nitrogens with zero attached hydrogens (tertiary/aromatic N) is 1. The second kappa shape index (κ2) is 6.13. The predicted molar refractivity (Wildman–Crippen MR) is 100 cm³/mol. The lowest BCUT2D eigenvalue weighted by molar-refractivity contribution is 0.338. The van der Waals surface area contributed by atoms with Crippen molar-refractivity contribution in [3.8, 4) is 5.75 Å². The summed E-state index contributed by atoms with van der Waals surface area (Å²) in [4.78, 5) is 11.6. The Labute approximate surface area is 145 Å². The van der Waals surface area contributed by atoms with Gasteiger partial charge < -0.3 is 14.7 Å². The lowest BCUT2D eigenvalue weighted by atomic mass is 10.2. The number of nitrogens with one attached hydrogen (secondary N) is 2. The molecular formula is C21H21N3O. The summed E-state index contributed by atoms with van der Waals surface area (Å²) in [6.07, 6.45) is 4.20. The molecule has 0 atom stereocenters. The average Bonchev–Trinajstić information content (AvgIpc) is 3.26. The minimum absolute atomic E-state index is 0.622. The molecule has 0 spiro atoms. The number of benzene rings is 1. The Morgan fingerprint density at radius 3 is 2.68 bits per heavy atom. The van der Waals surface area contributed by atoms with Gasteiger partial charge in [-0.2, -0.15) is 0 Å². The Morgan fingerprint density at radius 1 is 1.12 bits per heavy atom. The van der Waals surface area contributed by atoms with Gasteiger partial charge in [-0.3, -0.25) is 0 Å². The first-order valence-corrected chi connectivity index (χ1v) is 8.53. The minimum Gasteiger partial charge on any atom is -0.492 e. The van der Waals surface area contributed by atoms with E-state index in [0.717, 1.165) is 44.1 Å². The van der Waals surface area contributed by atoms with E-state index in [4.69, 9.17) is 9.73 Å². The van der Waals surface area contributed by atoms with Crippen LogP contribution in [0.1, 0.15) is 23.9 Å². The van der Waals surface area contributed by atoms with E-state index in [1.807, 2.05) is 31.2 Å². The Bertz CT molecular complexity index is 1140. The van der Waals surface area contributed by atoms with Gasteiger partial charge in [0.05, 0.1) is 28.4 Å². The normalized spacial score (nSPS) is 15.7. The van der Waals surface area contributed by atoms with Gasteiger partial charge in [0.1, 0.15) is 5.75 Å². The molecule has 1 aliphatic rings. The van der Waals surface area contributed by atoms with Crippen molar-refractivity contribution >= 4 is 17.8 Å². The first kappa shape index (κ1) is 15.5. The van der Waals surface area contributed by atoms with Crippen molar-refractivity contribution in [2.24, 2.45) is 4.99 Å². The molecule has 3 aromatic rings. The molecule has 25 heavy (non-hydrogen) atoms. The van der Waals surface area contributed by atoms with Crippen molar-refractivity contribution in [1.82, 2.24) is 9.97 Å². The predicted octanol–water partition coefficient (Wildman–Crippen LogP) is 1.41. The molecule has 4 heteroatoms. The second-order valence-corrected chi connectivity index (χ2v) is 6.29. The third kappa shape index (κ3) is 2.91. The van der Waals surface area contributed by atoms with E-state index in [1.165, 1.54) is 5.56 Å². The lowest BCUT2D eigenvalue weighted by Crippen LogP contribution is -2.19. The highest BCUT2D eigenvalue weighted by atomic mass is 16.5. The van der Waals surface area contributed by atoms with Gasteiger partial charge in [0.15, 0.2) is 0 Å². The SMILES string of the molecule is CCOc1cc(=C2C=c3ccccc3=N2)[nH]/c1=C\c1[nH]c(C)cc1C. The number of ether oxygens (including phenoxy) is 1. The van der Waals surface area contributed by atoms with Crippen LogP contribution in [0.3, 0.4) is 0 Å². The maximum absolute atomic E-state index is 5.83. The zero-order valence-electron chi connectivity index (χ0n) is 14.7. The van der Waals surface area contributed by atoms with Gasteiger partial charge in [-0.15, -0.1) is 0 Å². The summed E-state index contributed by atoms with van der Waals surface area (Å²) in [5.74, 6) is 0.844. The molecule has 0 unspecified atom stereocenters. The summed E-state index contributed by atoms with van der Waals surface area (Å²) in [5.41, 5.74) is 4.39. The Hall–Kier alpha value is -3.01. The van der Waals surface area contributed by atoms with E-state index in [0.29, 0.717) is 6.61 Å². The number of rotatable bonds is 3. The van der Waals surface area contributed by atoms with Gasteiger partial charge in [0, 0.05) is 22.7 Å². The highest BCUT2D eigenvalue weighted by Gasteiger charge is 2.07. The van der Waals surface area contributed by atoms with E-state index in [1.54, 1.807) is 0 Å². The second-order valence-electron chi connectivity index (χ2n) is 6.29. The molecule has 2 N–H and O–H groups in total. The maximum Gasteiger partial charge on any atom is 0.144 e. The van der Waals surface area contributed by atoms with Gasteiger partial charge in [0.2, 0.25) is 0 Å². The molecule has 3 heterocycles. The Balaban J connectivity index is 1.92. The summed E-state index contributed by atoms with van der Waals surface area (Å²) >= 11 is 0. The zero-order valence-corrected chi connectivity index (χ0v) is 14.7. The number of hydrogen-bond acceptors (Lipinski definition) is 2. The first-order valence-electron chi connectivity index (χ1n) is 8.53. The molecule has 1 aliphatic heterocycles. The van der Waals surface area contributed by atoms with Crippen molar-refractivity contribution in [1.29, 1.82) is 0 Å². The summed E-state index contributed by atoms with van der Waals surface area (Å²) in [5, 5.41) is 4.07. The number of aromatic amines is 2. The molecule has 4 nitrogen and oxygen atoms in total. The summed E-state index contributed by atoms with van der Waals surface area (Å²) in [6, 6.07) is 12.3. The van der Waals surface area contributed by atoms with E-state index in [9.17, 15) is 0 Å². The fraction of sp³-hybridized carbons (Fsp3) is 0.190. The molecule has 4 rings (SSSR count). The van der Waals surface area contributed by atoms with Crippen LogP contribution in [-0.4, -0.2) is 16.6 Å². The standard InChI is InChI=1S/C21H21N3O/c1-4-25-21-12-19(18-10-15-7-5-6-8-16(15)23-18)24-20(21)11-17-13(2)9-14(3)22-17/h5-12,22,24H,4H2,1-3H3/b19-18?,20-11-. The molecule has 0 aliphatic carbocycles. The van der Waals surface area contributed by atoms with Crippen LogP contribution in [0.5, 0.6) is 5.75 Å². The third-order valence-corrected chi connectivity index (χ3v) is 4.33. The Morgan fingerprint density at radius 2 is 1.96 bits per heavy atom. The number of hydrogen-bond donors (Lipinski definition) is 2. The smallest absolute Gasteiger partial charge is 0.144 e. The highest BCUT2D eigenvalue weighted by molar-refractivity contribution is 5.76. The van der Waals surface area contributed by atoms with Gasteiger partial charge in [-0.1, -0.05) is 18.2 Å². The van der Waals surface area contributed by atoms with Crippen LogP contribution < -0.4 is 26.0 Å². The van der Waals surface area contributed by atoms with Crippen molar-refractivity contribution in [3.05, 3.63) is 74.6 Å². The molecule has 0 bridgehead atoms. The quantitative estimate of drug-likeness (QED) is 0.749. The monoisotopic (exact) mass is 331 g/mol. The molecule has 0 amide bonds. The Kier molecular flexibility index (Phi) is 3.80. The largest absolute Gasteiger partial charge is 0.492 e. The molecule has 0 fully saturated rings. The number of para-hydroxylation sites is 1. The average molecular weight is 331 g/mol. The van der Waals surface area contributed by atoms with Crippen LogP contribution in [0, 0.1) is 13.8 Å². The third-order valence-electron chi connectivity index (χ3n) is 4.33. The van der Waals surface area contributed by atoms with Crippen LogP contribution in [-0.2, 0) is 0 Å². The molecule has 0 saturated carbocycles. The van der Waals surface area contributed by atoms with E-state index >= 15 is 0 Å². The molecular weight excluding hydrogens is 310 g/mol. The number of aryl methyl sites for hydroxylation is 2. The van der Waals surface area contributed by atoms with Gasteiger partial charge in [-0.05, 0) is 50.6 Å². The van der Waals surface area contributed by atoms with E-state index < -0.39 is 0 Å². The van der Waals surface area contributed by atoms with Crippen molar-refractivity contribution in [3.63, 3.8) is 0 Å². The van der Waals surface area contributed by atoms with Crippen LogP contribution in [0.15, 0.2) is 41.4 Å². The van der Waals surface area contributed by atoms with Crippen LogP contribution in [0.2, 0.25) is 0 Å². The topological polar surface area (TPSA) is 53.2 Å². The highest BCUT2D eigenvalue weighted by Crippen LogP contribution is 2.10. The zero-order chi connectivity index (χ0) is 17.4. The minimum atomic E-state index is 0.622. The van der Waals surface area contributed by atoms with Crippen molar-refractivity contribution in [2.75, 3.05) is 6.61 Å².